The topological polar surface area (TPSA) is 38.0 Å². The Kier molecular flexibility index (Phi) is 4.97. The van der Waals surface area contributed by atoms with Crippen LogP contribution in [-0.4, -0.2) is 0 Å². The Morgan fingerprint density at radius 2 is 1.75 bits per heavy atom. The van der Waals surface area contributed by atoms with Crippen molar-refractivity contribution >= 4 is 0 Å². The zero-order valence-electron chi connectivity index (χ0n) is 10.9. The largest absolute Gasteiger partial charge is 0.271 e. The predicted molar refractivity (Wildman–Crippen MR) is 70.1 cm³/mol. The van der Waals surface area contributed by atoms with Crippen LogP contribution < -0.4 is 11.3 Å². The monoisotopic (exact) mass is 220 g/mol. The summed E-state index contributed by atoms with van der Waals surface area (Å²) in [6.45, 7) is 8.76. The number of nitrogens with two attached hydrogens (primary N) is 1. The first-order valence-electron chi connectivity index (χ1n) is 6.11. The van der Waals surface area contributed by atoms with Gasteiger partial charge in [0.25, 0.3) is 0 Å². The summed E-state index contributed by atoms with van der Waals surface area (Å²) in [5.41, 5.74) is 6.85. The van der Waals surface area contributed by atoms with Crippen molar-refractivity contribution in [3.8, 4) is 0 Å². The lowest BCUT2D eigenvalue weighted by molar-refractivity contribution is 0.407. The van der Waals surface area contributed by atoms with E-state index in [1.54, 1.807) is 0 Å². The molecular weight excluding hydrogens is 196 g/mol. The maximum absolute atomic E-state index is 5.66. The van der Waals surface area contributed by atoms with Gasteiger partial charge in [-0.3, -0.25) is 11.3 Å². The molecule has 0 aromatic heterocycles. The summed E-state index contributed by atoms with van der Waals surface area (Å²) in [5.74, 6) is 6.35. The van der Waals surface area contributed by atoms with Gasteiger partial charge in [0.2, 0.25) is 0 Å². The molecule has 0 saturated heterocycles. The van der Waals surface area contributed by atoms with Crippen LogP contribution in [0.2, 0.25) is 0 Å². The van der Waals surface area contributed by atoms with E-state index in [1.165, 1.54) is 23.1 Å². The highest BCUT2D eigenvalue weighted by Gasteiger charge is 2.13. The molecule has 2 nitrogen and oxygen atoms in total. The van der Waals surface area contributed by atoms with Crippen LogP contribution in [0.1, 0.15) is 49.4 Å². The molecule has 0 fully saturated rings. The normalized spacial score (nSPS) is 14.8. The molecule has 0 radical (unpaired) electrons. The van der Waals surface area contributed by atoms with Gasteiger partial charge in [-0.1, -0.05) is 49.6 Å². The Hall–Kier alpha value is -0.860. The van der Waals surface area contributed by atoms with Gasteiger partial charge in [0.15, 0.2) is 0 Å². The molecule has 16 heavy (non-hydrogen) atoms. The SMILES string of the molecule is CCC(C)CC(NN)c1cc(C)cc(C)c1. The molecule has 3 N–H and O–H groups in total. The van der Waals surface area contributed by atoms with Gasteiger partial charge in [0.05, 0.1) is 0 Å². The van der Waals surface area contributed by atoms with E-state index in [4.69, 9.17) is 5.84 Å². The average molecular weight is 220 g/mol. The first-order chi connectivity index (χ1) is 7.56. The minimum Gasteiger partial charge on any atom is -0.271 e. The average Bonchev–Trinajstić information content (AvgIpc) is 2.24. The van der Waals surface area contributed by atoms with Gasteiger partial charge in [-0.2, -0.15) is 0 Å². The second kappa shape index (κ2) is 6.02. The minimum absolute atomic E-state index is 0.272. The first-order valence-corrected chi connectivity index (χ1v) is 6.11. The number of hydrogen-bond acceptors (Lipinski definition) is 2. The molecule has 0 heterocycles. The van der Waals surface area contributed by atoms with Crippen LogP contribution in [0, 0.1) is 19.8 Å². The van der Waals surface area contributed by atoms with Gasteiger partial charge in [-0.25, -0.2) is 0 Å². The molecule has 2 atom stereocenters. The summed E-state index contributed by atoms with van der Waals surface area (Å²) in [4.78, 5) is 0. The van der Waals surface area contributed by atoms with E-state index in [9.17, 15) is 0 Å². The highest BCUT2D eigenvalue weighted by atomic mass is 15.2. The molecule has 0 amide bonds. The quantitative estimate of drug-likeness (QED) is 0.590. The van der Waals surface area contributed by atoms with Crippen molar-refractivity contribution in [2.45, 2.75) is 46.6 Å². The molecule has 2 heteroatoms. The van der Waals surface area contributed by atoms with Gasteiger partial charge in [0, 0.05) is 6.04 Å². The van der Waals surface area contributed by atoms with Crippen LogP contribution in [0.25, 0.3) is 0 Å². The molecule has 1 rings (SSSR count). The number of aryl methyl sites for hydroxylation is 2. The fraction of sp³-hybridized carbons (Fsp3) is 0.571. The molecule has 2 unspecified atom stereocenters. The van der Waals surface area contributed by atoms with Crippen LogP contribution in [0.5, 0.6) is 0 Å². The van der Waals surface area contributed by atoms with E-state index >= 15 is 0 Å². The molecule has 0 aliphatic rings. The van der Waals surface area contributed by atoms with Crippen molar-refractivity contribution in [3.05, 3.63) is 34.9 Å². The van der Waals surface area contributed by atoms with Crippen LogP contribution in [0.4, 0.5) is 0 Å². The lowest BCUT2D eigenvalue weighted by Crippen LogP contribution is -2.29. The molecule has 0 bridgehead atoms. The number of hydrazine groups is 1. The van der Waals surface area contributed by atoms with Gasteiger partial charge in [-0.15, -0.1) is 0 Å². The summed E-state index contributed by atoms with van der Waals surface area (Å²) in [6, 6.07) is 6.91. The fourth-order valence-electron chi connectivity index (χ4n) is 2.08. The molecule has 0 aliphatic heterocycles. The number of hydrogen-bond donors (Lipinski definition) is 2. The van der Waals surface area contributed by atoms with Crippen molar-refractivity contribution in [3.63, 3.8) is 0 Å². The van der Waals surface area contributed by atoms with Crippen LogP contribution in [-0.2, 0) is 0 Å². The highest BCUT2D eigenvalue weighted by molar-refractivity contribution is 5.30. The van der Waals surface area contributed by atoms with E-state index in [0.717, 1.165) is 6.42 Å². The summed E-state index contributed by atoms with van der Waals surface area (Å²) < 4.78 is 0. The van der Waals surface area contributed by atoms with Gasteiger partial charge >= 0.3 is 0 Å². The zero-order chi connectivity index (χ0) is 12.1. The third-order valence-electron chi connectivity index (χ3n) is 3.18. The van der Waals surface area contributed by atoms with Gasteiger partial charge < -0.3 is 0 Å². The Balaban J connectivity index is 2.86. The fourth-order valence-corrected chi connectivity index (χ4v) is 2.08. The smallest absolute Gasteiger partial charge is 0.0462 e. The molecule has 1 aromatic carbocycles. The third-order valence-corrected chi connectivity index (χ3v) is 3.18. The second-order valence-corrected chi connectivity index (χ2v) is 4.89. The van der Waals surface area contributed by atoms with Gasteiger partial charge in [-0.05, 0) is 31.7 Å². The van der Waals surface area contributed by atoms with E-state index in [0.29, 0.717) is 5.92 Å². The lowest BCUT2D eigenvalue weighted by atomic mass is 9.93. The maximum Gasteiger partial charge on any atom is 0.0462 e. The second-order valence-electron chi connectivity index (χ2n) is 4.89. The number of rotatable bonds is 5. The van der Waals surface area contributed by atoms with E-state index in [-0.39, 0.29) is 6.04 Å². The Bertz CT molecular complexity index is 313. The highest BCUT2D eigenvalue weighted by Crippen LogP contribution is 2.24. The molecule has 1 aromatic rings. The van der Waals surface area contributed by atoms with Crippen LogP contribution in [0.3, 0.4) is 0 Å². The molecular formula is C14H24N2. The summed E-state index contributed by atoms with van der Waals surface area (Å²) in [7, 11) is 0. The Morgan fingerprint density at radius 3 is 2.19 bits per heavy atom. The summed E-state index contributed by atoms with van der Waals surface area (Å²) in [5, 5.41) is 0. The molecule has 0 spiro atoms. The maximum atomic E-state index is 5.66. The van der Waals surface area contributed by atoms with E-state index < -0.39 is 0 Å². The minimum atomic E-state index is 0.272. The number of nitrogens with one attached hydrogen (secondary N) is 1. The zero-order valence-corrected chi connectivity index (χ0v) is 10.9. The third kappa shape index (κ3) is 3.62. The number of benzene rings is 1. The van der Waals surface area contributed by atoms with Crippen LogP contribution in [0.15, 0.2) is 18.2 Å². The lowest BCUT2D eigenvalue weighted by Gasteiger charge is -2.20. The Morgan fingerprint density at radius 1 is 1.19 bits per heavy atom. The standard InChI is InChI=1S/C14H24N2/c1-5-10(2)9-14(16-15)13-7-11(3)6-12(4)8-13/h6-8,10,14,16H,5,9,15H2,1-4H3. The molecule has 0 aliphatic carbocycles. The summed E-state index contributed by atoms with van der Waals surface area (Å²) in [6.07, 6.45) is 2.29. The molecule has 90 valence electrons. The predicted octanol–water partition coefficient (Wildman–Crippen LogP) is 3.24. The van der Waals surface area contributed by atoms with Crippen molar-refractivity contribution in [2.24, 2.45) is 11.8 Å². The first kappa shape index (κ1) is 13.2. The van der Waals surface area contributed by atoms with Crippen LogP contribution >= 0.6 is 0 Å². The summed E-state index contributed by atoms with van der Waals surface area (Å²) >= 11 is 0. The van der Waals surface area contributed by atoms with Gasteiger partial charge in [0.1, 0.15) is 0 Å². The van der Waals surface area contributed by atoms with E-state index in [1.807, 2.05) is 0 Å². The molecule has 0 saturated carbocycles. The van der Waals surface area contributed by atoms with Crippen molar-refractivity contribution < 1.29 is 0 Å². The Labute approximate surface area is 99.2 Å². The van der Waals surface area contributed by atoms with Crippen molar-refractivity contribution in [2.75, 3.05) is 0 Å². The van der Waals surface area contributed by atoms with Crippen molar-refractivity contribution in [1.82, 2.24) is 5.43 Å². The van der Waals surface area contributed by atoms with E-state index in [2.05, 4.69) is 51.3 Å². The van der Waals surface area contributed by atoms with Crippen molar-refractivity contribution in [1.29, 1.82) is 0 Å².